The van der Waals surface area contributed by atoms with Crippen molar-refractivity contribution in [1.29, 1.82) is 0 Å². The van der Waals surface area contributed by atoms with Gasteiger partial charge in [0.15, 0.2) is 10.8 Å². The minimum absolute atomic E-state index is 0.108. The van der Waals surface area contributed by atoms with E-state index in [1.165, 1.54) is 0 Å². The highest BCUT2D eigenvalue weighted by atomic mass is 35.5. The Bertz CT molecular complexity index is 821. The molecule has 3 aromatic rings. The van der Waals surface area contributed by atoms with Gasteiger partial charge < -0.3 is 5.32 Å². The average Bonchev–Trinajstić information content (AvgIpc) is 2.54. The van der Waals surface area contributed by atoms with E-state index in [9.17, 15) is 4.79 Å². The number of nitrogens with zero attached hydrogens (tertiary/aromatic N) is 2. The fourth-order valence-corrected chi connectivity index (χ4v) is 2.43. The van der Waals surface area contributed by atoms with Crippen LogP contribution in [0.25, 0.3) is 11.0 Å². The summed E-state index contributed by atoms with van der Waals surface area (Å²) in [5, 5.41) is 3.00. The van der Waals surface area contributed by atoms with Gasteiger partial charge in [-0.1, -0.05) is 54.1 Å². The molecule has 1 heterocycles. The summed E-state index contributed by atoms with van der Waals surface area (Å²) >= 11 is 6.09. The van der Waals surface area contributed by atoms with Gasteiger partial charge in [-0.25, -0.2) is 9.97 Å². The molecular weight excluding hydrogens is 298 g/mol. The van der Waals surface area contributed by atoms with E-state index < -0.39 is 0 Å². The number of hydrogen-bond acceptors (Lipinski definition) is 3. The number of nitrogens with one attached hydrogen (secondary N) is 1. The van der Waals surface area contributed by atoms with Crippen molar-refractivity contribution in [2.75, 3.05) is 0 Å². The van der Waals surface area contributed by atoms with Crippen LogP contribution in [0.1, 0.15) is 29.0 Å². The van der Waals surface area contributed by atoms with Gasteiger partial charge in [0.05, 0.1) is 17.1 Å². The number of para-hydroxylation sites is 2. The fourth-order valence-electron chi connectivity index (χ4n) is 2.21. The summed E-state index contributed by atoms with van der Waals surface area (Å²) < 4.78 is 0. The lowest BCUT2D eigenvalue weighted by molar-refractivity contribution is 0.0935. The average molecular weight is 312 g/mol. The van der Waals surface area contributed by atoms with Crippen molar-refractivity contribution in [2.24, 2.45) is 0 Å². The van der Waals surface area contributed by atoms with Crippen molar-refractivity contribution in [3.8, 4) is 0 Å². The molecule has 5 heteroatoms. The van der Waals surface area contributed by atoms with E-state index in [4.69, 9.17) is 11.6 Å². The topological polar surface area (TPSA) is 54.9 Å². The Morgan fingerprint density at radius 1 is 1.00 bits per heavy atom. The van der Waals surface area contributed by atoms with Gasteiger partial charge in [0.1, 0.15) is 0 Å². The van der Waals surface area contributed by atoms with Crippen LogP contribution in [0.2, 0.25) is 5.15 Å². The van der Waals surface area contributed by atoms with Crippen LogP contribution in [-0.2, 0) is 0 Å². The molecule has 4 nitrogen and oxygen atoms in total. The van der Waals surface area contributed by atoms with Crippen molar-refractivity contribution in [1.82, 2.24) is 15.3 Å². The van der Waals surface area contributed by atoms with Gasteiger partial charge in [-0.05, 0) is 24.6 Å². The number of halogens is 1. The Hall–Kier alpha value is -2.46. The van der Waals surface area contributed by atoms with Crippen LogP contribution in [0, 0.1) is 0 Å². The second-order valence-electron chi connectivity index (χ2n) is 4.96. The Balaban J connectivity index is 1.87. The number of carbonyl (C=O) groups is 1. The summed E-state index contributed by atoms with van der Waals surface area (Å²) in [6.07, 6.45) is 0. The zero-order valence-corrected chi connectivity index (χ0v) is 12.7. The van der Waals surface area contributed by atoms with Gasteiger partial charge in [-0.2, -0.15) is 0 Å². The molecule has 0 aliphatic rings. The summed E-state index contributed by atoms with van der Waals surface area (Å²) in [5.41, 5.74) is 2.47. The maximum Gasteiger partial charge on any atom is 0.273 e. The molecule has 1 aromatic heterocycles. The number of benzene rings is 2. The molecule has 1 N–H and O–H groups in total. The molecular formula is C17H14ClN3O. The van der Waals surface area contributed by atoms with E-state index >= 15 is 0 Å². The third-order valence-electron chi connectivity index (χ3n) is 3.39. The Morgan fingerprint density at radius 3 is 2.27 bits per heavy atom. The van der Waals surface area contributed by atoms with Crippen LogP contribution in [0.15, 0.2) is 54.6 Å². The van der Waals surface area contributed by atoms with E-state index in [0.717, 1.165) is 5.56 Å². The minimum atomic E-state index is -0.334. The van der Waals surface area contributed by atoms with Crippen LogP contribution in [0.5, 0.6) is 0 Å². The highest BCUT2D eigenvalue weighted by Gasteiger charge is 2.17. The molecule has 0 fully saturated rings. The third kappa shape index (κ3) is 2.92. The van der Waals surface area contributed by atoms with Crippen LogP contribution in [-0.4, -0.2) is 15.9 Å². The lowest BCUT2D eigenvalue weighted by Crippen LogP contribution is -2.28. The largest absolute Gasteiger partial charge is 0.344 e. The zero-order valence-electron chi connectivity index (χ0n) is 12.0. The first-order valence-electron chi connectivity index (χ1n) is 6.93. The highest BCUT2D eigenvalue weighted by molar-refractivity contribution is 6.32. The summed E-state index contributed by atoms with van der Waals surface area (Å²) in [4.78, 5) is 20.9. The van der Waals surface area contributed by atoms with Crippen molar-refractivity contribution < 1.29 is 4.79 Å². The van der Waals surface area contributed by atoms with Gasteiger partial charge in [0, 0.05) is 0 Å². The molecule has 2 aromatic carbocycles. The molecule has 1 atom stereocenters. The Labute approximate surface area is 133 Å². The smallest absolute Gasteiger partial charge is 0.273 e. The molecule has 0 saturated carbocycles. The Morgan fingerprint density at radius 2 is 1.59 bits per heavy atom. The van der Waals surface area contributed by atoms with Gasteiger partial charge >= 0.3 is 0 Å². The number of carbonyl (C=O) groups excluding carboxylic acids is 1. The van der Waals surface area contributed by atoms with Crippen LogP contribution in [0.3, 0.4) is 0 Å². The van der Waals surface area contributed by atoms with Crippen molar-refractivity contribution >= 4 is 28.5 Å². The predicted octanol–water partition coefficient (Wildman–Crippen LogP) is 3.77. The van der Waals surface area contributed by atoms with Crippen molar-refractivity contribution in [2.45, 2.75) is 13.0 Å². The number of aromatic nitrogens is 2. The van der Waals surface area contributed by atoms with Gasteiger partial charge in [0.25, 0.3) is 5.91 Å². The van der Waals surface area contributed by atoms with Crippen LogP contribution < -0.4 is 5.32 Å². The minimum Gasteiger partial charge on any atom is -0.344 e. The monoisotopic (exact) mass is 311 g/mol. The quantitative estimate of drug-likeness (QED) is 0.801. The number of rotatable bonds is 3. The fraction of sp³-hybridized carbons (Fsp3) is 0.118. The molecule has 1 unspecified atom stereocenters. The lowest BCUT2D eigenvalue weighted by Gasteiger charge is -2.14. The molecule has 1 amide bonds. The molecule has 0 radical (unpaired) electrons. The zero-order chi connectivity index (χ0) is 15.5. The Kier molecular flexibility index (Phi) is 4.02. The molecule has 110 valence electrons. The lowest BCUT2D eigenvalue weighted by atomic mass is 10.1. The summed E-state index contributed by atoms with van der Waals surface area (Å²) in [6.45, 7) is 1.91. The van der Waals surface area contributed by atoms with E-state index in [1.54, 1.807) is 6.07 Å². The third-order valence-corrected chi connectivity index (χ3v) is 3.65. The van der Waals surface area contributed by atoms with Gasteiger partial charge in [-0.3, -0.25) is 4.79 Å². The highest BCUT2D eigenvalue weighted by Crippen LogP contribution is 2.18. The summed E-state index contributed by atoms with van der Waals surface area (Å²) in [7, 11) is 0. The SMILES string of the molecule is CC(NC(=O)c1nc2ccccc2nc1Cl)c1ccccc1. The van der Waals surface area contributed by atoms with E-state index in [-0.39, 0.29) is 22.8 Å². The second kappa shape index (κ2) is 6.12. The number of fused-ring (bicyclic) bond motifs is 1. The maximum absolute atomic E-state index is 12.4. The summed E-state index contributed by atoms with van der Waals surface area (Å²) in [5.74, 6) is -0.334. The standard InChI is InChI=1S/C17H14ClN3O/c1-11(12-7-3-2-4-8-12)19-17(22)15-16(18)21-14-10-6-5-9-13(14)20-15/h2-11H,1H3,(H,19,22). The predicted molar refractivity (Wildman–Crippen MR) is 86.9 cm³/mol. The van der Waals surface area contributed by atoms with Gasteiger partial charge in [-0.15, -0.1) is 0 Å². The van der Waals surface area contributed by atoms with Crippen LogP contribution >= 0.6 is 11.6 Å². The molecule has 22 heavy (non-hydrogen) atoms. The van der Waals surface area contributed by atoms with Crippen molar-refractivity contribution in [3.63, 3.8) is 0 Å². The molecule has 0 aliphatic heterocycles. The molecule has 3 rings (SSSR count). The van der Waals surface area contributed by atoms with Crippen molar-refractivity contribution in [3.05, 3.63) is 71.0 Å². The van der Waals surface area contributed by atoms with Crippen LogP contribution in [0.4, 0.5) is 0 Å². The first-order valence-corrected chi connectivity index (χ1v) is 7.31. The molecule has 0 saturated heterocycles. The van der Waals surface area contributed by atoms with Gasteiger partial charge in [0.2, 0.25) is 0 Å². The molecule has 0 aliphatic carbocycles. The normalized spacial score (nSPS) is 12.1. The molecule has 0 spiro atoms. The second-order valence-corrected chi connectivity index (χ2v) is 5.32. The van der Waals surface area contributed by atoms with E-state index in [0.29, 0.717) is 11.0 Å². The maximum atomic E-state index is 12.4. The number of hydrogen-bond donors (Lipinski definition) is 1. The first kappa shape index (κ1) is 14.5. The number of amides is 1. The first-order chi connectivity index (χ1) is 10.6. The molecule has 0 bridgehead atoms. The van der Waals surface area contributed by atoms with E-state index in [1.807, 2.05) is 55.5 Å². The summed E-state index contributed by atoms with van der Waals surface area (Å²) in [6, 6.07) is 16.9. The van der Waals surface area contributed by atoms with E-state index in [2.05, 4.69) is 15.3 Å².